The molecule has 0 aliphatic carbocycles. The van der Waals surface area contributed by atoms with Gasteiger partial charge < -0.3 is 4.74 Å². The second kappa shape index (κ2) is 9.53. The summed E-state index contributed by atoms with van der Waals surface area (Å²) in [5.41, 5.74) is 2.14. The number of methoxy groups -OCH3 is 1. The molecule has 2 rings (SSSR count). The van der Waals surface area contributed by atoms with Crippen LogP contribution in [0.2, 0.25) is 0 Å². The molecular formula is C17H23NO2S. The van der Waals surface area contributed by atoms with E-state index in [0.29, 0.717) is 5.75 Å². The van der Waals surface area contributed by atoms with Gasteiger partial charge in [-0.25, -0.2) is 0 Å². The van der Waals surface area contributed by atoms with Gasteiger partial charge in [0.2, 0.25) is 0 Å². The highest BCUT2D eigenvalue weighted by molar-refractivity contribution is 7.99. The van der Waals surface area contributed by atoms with Crippen LogP contribution in [0, 0.1) is 0 Å². The van der Waals surface area contributed by atoms with Crippen molar-refractivity contribution >= 4 is 28.4 Å². The van der Waals surface area contributed by atoms with Gasteiger partial charge in [0.05, 0.1) is 11.3 Å². The van der Waals surface area contributed by atoms with Crippen molar-refractivity contribution in [3.8, 4) is 0 Å². The Kier molecular flexibility index (Phi) is 8.01. The van der Waals surface area contributed by atoms with Gasteiger partial charge in [0.25, 0.3) is 0 Å². The number of hydrogen-bond acceptors (Lipinski definition) is 4. The van der Waals surface area contributed by atoms with Crippen molar-refractivity contribution in [3.05, 3.63) is 42.1 Å². The van der Waals surface area contributed by atoms with Crippen molar-refractivity contribution in [3.63, 3.8) is 0 Å². The molecule has 2 aromatic rings. The van der Waals surface area contributed by atoms with E-state index in [9.17, 15) is 4.79 Å². The monoisotopic (exact) mass is 305 g/mol. The van der Waals surface area contributed by atoms with E-state index in [4.69, 9.17) is 4.74 Å². The summed E-state index contributed by atoms with van der Waals surface area (Å²) in [7, 11) is 1.56. The van der Waals surface area contributed by atoms with E-state index in [0.717, 1.165) is 22.2 Å². The predicted molar refractivity (Wildman–Crippen MR) is 90.7 cm³/mol. The summed E-state index contributed by atoms with van der Waals surface area (Å²) in [5, 5.41) is 1.14. The van der Waals surface area contributed by atoms with Crippen LogP contribution in [0.3, 0.4) is 0 Å². The van der Waals surface area contributed by atoms with Crippen molar-refractivity contribution in [1.82, 2.24) is 4.98 Å². The lowest BCUT2D eigenvalue weighted by molar-refractivity contribution is -0.125. The van der Waals surface area contributed by atoms with Crippen LogP contribution in [0.1, 0.15) is 26.3 Å². The highest BCUT2D eigenvalue weighted by Gasteiger charge is 2.11. The summed E-state index contributed by atoms with van der Waals surface area (Å²) in [6.07, 6.45) is 1.56. The van der Waals surface area contributed by atoms with Gasteiger partial charge >= 0.3 is 0 Å². The van der Waals surface area contributed by atoms with E-state index in [1.807, 2.05) is 38.2 Å². The van der Waals surface area contributed by atoms with Gasteiger partial charge in [-0.1, -0.05) is 32.0 Å². The van der Waals surface area contributed by atoms with Crippen LogP contribution in [0.25, 0.3) is 10.9 Å². The molecular weight excluding hydrogens is 282 g/mol. The number of fused-ring (bicyclic) bond motifs is 1. The number of hydrogen-bond donors (Lipinski definition) is 0. The zero-order valence-electron chi connectivity index (χ0n) is 13.1. The van der Waals surface area contributed by atoms with Gasteiger partial charge in [0.1, 0.15) is 6.10 Å². The average Bonchev–Trinajstić information content (AvgIpc) is 2.55. The van der Waals surface area contributed by atoms with Crippen LogP contribution in [0.4, 0.5) is 0 Å². The second-order valence-corrected chi connectivity index (χ2v) is 5.36. The van der Waals surface area contributed by atoms with E-state index >= 15 is 0 Å². The number of carbonyl (C=O) groups is 1. The Balaban J connectivity index is 0.00000106. The number of rotatable bonds is 6. The van der Waals surface area contributed by atoms with Crippen molar-refractivity contribution < 1.29 is 9.53 Å². The van der Waals surface area contributed by atoms with E-state index in [-0.39, 0.29) is 11.9 Å². The maximum Gasteiger partial charge on any atom is 0.171 e. The highest BCUT2D eigenvalue weighted by atomic mass is 32.2. The third-order valence-corrected chi connectivity index (χ3v) is 3.99. The van der Waals surface area contributed by atoms with E-state index < -0.39 is 0 Å². The van der Waals surface area contributed by atoms with Gasteiger partial charge in [0, 0.05) is 24.4 Å². The number of thioether (sulfide) groups is 1. The Morgan fingerprint density at radius 3 is 2.76 bits per heavy atom. The number of aromatic nitrogens is 1. The van der Waals surface area contributed by atoms with Gasteiger partial charge in [-0.2, -0.15) is 0 Å². The van der Waals surface area contributed by atoms with Crippen molar-refractivity contribution in [2.75, 3.05) is 12.9 Å². The largest absolute Gasteiger partial charge is 0.374 e. The fourth-order valence-electron chi connectivity index (χ4n) is 1.71. The van der Waals surface area contributed by atoms with Gasteiger partial charge in [-0.15, -0.1) is 11.8 Å². The Morgan fingerprint density at radius 1 is 1.33 bits per heavy atom. The molecule has 0 saturated heterocycles. The van der Waals surface area contributed by atoms with Crippen molar-refractivity contribution in [2.24, 2.45) is 0 Å². The van der Waals surface area contributed by atoms with Crippen LogP contribution in [-0.2, 0) is 15.3 Å². The predicted octanol–water partition coefficient (Wildman–Crippen LogP) is 4.10. The summed E-state index contributed by atoms with van der Waals surface area (Å²) in [6, 6.07) is 10.2. The standard InChI is InChI=1S/C15H17NO2S.C2H6/c1-11(18-2)15(17)10-19-9-12-7-13-5-3-4-6-14(13)16-8-12;1-2/h3-8,11H,9-10H2,1-2H3;1-2H3. The van der Waals surface area contributed by atoms with Crippen LogP contribution in [-0.4, -0.2) is 29.7 Å². The molecule has 21 heavy (non-hydrogen) atoms. The van der Waals surface area contributed by atoms with Crippen molar-refractivity contribution in [1.29, 1.82) is 0 Å². The fraction of sp³-hybridized carbons (Fsp3) is 0.412. The second-order valence-electron chi connectivity index (χ2n) is 4.37. The first-order valence-corrected chi connectivity index (χ1v) is 8.33. The van der Waals surface area contributed by atoms with Gasteiger partial charge in [0.15, 0.2) is 5.78 Å². The SMILES string of the molecule is CC.COC(C)C(=O)CSCc1cnc2ccccc2c1. The summed E-state index contributed by atoms with van der Waals surface area (Å²) < 4.78 is 5.00. The highest BCUT2D eigenvalue weighted by Crippen LogP contribution is 2.17. The fourth-order valence-corrected chi connectivity index (χ4v) is 2.65. The van der Waals surface area contributed by atoms with Crippen LogP contribution >= 0.6 is 11.8 Å². The normalized spacial score (nSPS) is 11.6. The molecule has 0 aliphatic rings. The first kappa shape index (κ1) is 17.7. The molecule has 0 N–H and O–H groups in total. The van der Waals surface area contributed by atoms with E-state index in [1.165, 1.54) is 0 Å². The number of nitrogens with zero attached hydrogens (tertiary/aromatic N) is 1. The minimum Gasteiger partial charge on any atom is -0.374 e. The maximum atomic E-state index is 11.6. The Hall–Kier alpha value is -1.39. The summed E-state index contributed by atoms with van der Waals surface area (Å²) in [4.78, 5) is 16.0. The minimum absolute atomic E-state index is 0.126. The average molecular weight is 305 g/mol. The summed E-state index contributed by atoms with van der Waals surface area (Å²) >= 11 is 1.60. The Bertz CT molecular complexity index is 571. The number of Topliss-reactive ketones (excluding diaryl/α,β-unsaturated/α-hetero) is 1. The lowest BCUT2D eigenvalue weighted by Crippen LogP contribution is -2.20. The van der Waals surface area contributed by atoms with Crippen LogP contribution in [0.15, 0.2) is 36.5 Å². The number of ether oxygens (including phenoxy) is 1. The molecule has 114 valence electrons. The maximum absolute atomic E-state index is 11.6. The van der Waals surface area contributed by atoms with E-state index in [2.05, 4.69) is 17.1 Å². The molecule has 1 unspecified atom stereocenters. The molecule has 1 atom stereocenters. The molecule has 1 aromatic heterocycles. The zero-order valence-corrected chi connectivity index (χ0v) is 13.9. The number of benzene rings is 1. The molecule has 1 aromatic carbocycles. The molecule has 0 radical (unpaired) electrons. The van der Waals surface area contributed by atoms with Crippen LogP contribution in [0.5, 0.6) is 0 Å². The summed E-state index contributed by atoms with van der Waals surface area (Å²) in [6.45, 7) is 5.78. The number of para-hydroxylation sites is 1. The minimum atomic E-state index is -0.317. The van der Waals surface area contributed by atoms with Crippen molar-refractivity contribution in [2.45, 2.75) is 32.6 Å². The van der Waals surface area contributed by atoms with Gasteiger partial charge in [-0.05, 0) is 24.6 Å². The lowest BCUT2D eigenvalue weighted by atomic mass is 10.2. The third-order valence-electron chi connectivity index (χ3n) is 2.97. The molecule has 4 heteroatoms. The summed E-state index contributed by atoms with van der Waals surface area (Å²) in [5.74, 6) is 1.39. The number of carbonyl (C=O) groups excluding carboxylic acids is 1. The molecule has 0 saturated carbocycles. The van der Waals surface area contributed by atoms with Gasteiger partial charge in [-0.3, -0.25) is 9.78 Å². The zero-order chi connectivity index (χ0) is 15.7. The number of pyridine rings is 1. The van der Waals surface area contributed by atoms with E-state index in [1.54, 1.807) is 25.8 Å². The lowest BCUT2D eigenvalue weighted by Gasteiger charge is -2.08. The third kappa shape index (κ3) is 5.48. The Labute approximate surface area is 131 Å². The topological polar surface area (TPSA) is 39.2 Å². The van der Waals surface area contributed by atoms with Crippen LogP contribution < -0.4 is 0 Å². The Morgan fingerprint density at radius 2 is 2.05 bits per heavy atom. The molecule has 3 nitrogen and oxygen atoms in total. The molecule has 0 aliphatic heterocycles. The molecule has 1 heterocycles. The molecule has 0 spiro atoms. The first-order valence-electron chi connectivity index (χ1n) is 7.17. The quantitative estimate of drug-likeness (QED) is 0.805. The number of ketones is 1. The smallest absolute Gasteiger partial charge is 0.171 e. The first-order chi connectivity index (χ1) is 10.2. The molecule has 0 bridgehead atoms. The molecule has 0 amide bonds. The molecule has 0 fully saturated rings.